The second-order valence-electron chi connectivity index (χ2n) is 37.2. The monoisotopic (exact) mass is 2050 g/mol. The van der Waals surface area contributed by atoms with Crippen molar-refractivity contribution in [2.75, 3.05) is 77.5 Å². The lowest BCUT2D eigenvalue weighted by Crippen LogP contribution is -2.61. The number of guanidine groups is 3. The minimum absolute atomic E-state index is 0.00140. The first-order chi connectivity index (χ1) is 67.5. The molecule has 44 N–H and O–H groups in total. The lowest BCUT2D eigenvalue weighted by atomic mass is 10.00. The average Bonchev–Trinajstić information content (AvgIpc) is 0.839. The molecule has 0 aromatic rings. The number of carboxylic acid groups (broad SMARTS) is 1. The van der Waals surface area contributed by atoms with Crippen LogP contribution in [0.25, 0.3) is 0 Å². The molecule has 143 heavy (non-hydrogen) atoms. The largest absolute Gasteiger partial charge is 0.480 e. The summed E-state index contributed by atoms with van der Waals surface area (Å²) in [7, 11) is 0. The van der Waals surface area contributed by atoms with E-state index in [1.165, 1.54) is 18.7 Å². The van der Waals surface area contributed by atoms with Gasteiger partial charge in [-0.05, 0) is 249 Å². The fourth-order valence-electron chi connectivity index (χ4n) is 14.6. The molecule has 0 saturated heterocycles. The molecule has 818 valence electrons. The number of carboxylic acids is 1. The zero-order valence-corrected chi connectivity index (χ0v) is 85.9. The van der Waals surface area contributed by atoms with Gasteiger partial charge in [0.2, 0.25) is 100 Å². The van der Waals surface area contributed by atoms with Crippen molar-refractivity contribution in [3.05, 3.63) is 0 Å². The zero-order valence-electron chi connectivity index (χ0n) is 85.0. The van der Waals surface area contributed by atoms with E-state index in [1.807, 2.05) is 0 Å². The number of thioether (sulfide) groups is 1. The molecule has 0 spiro atoms. The van der Waals surface area contributed by atoms with Crippen molar-refractivity contribution in [3.8, 4) is 0 Å². The summed E-state index contributed by atoms with van der Waals surface area (Å²) in [6, 6.07) is -22.5. The van der Waals surface area contributed by atoms with Gasteiger partial charge < -0.3 is 169 Å². The van der Waals surface area contributed by atoms with Crippen LogP contribution < -0.4 is 158 Å². The SMILES string of the molecule is CSCC[C@H](NC(=O)[C@H](CCCCN)NC(=O)[C@H](CCCCN)NC(=O)[C@H](CCCNC(=N)N)NC(=O)[C@H](CC(C)C)NC(=O)CNC(=O)[C@H](CCCCN)NC(=O)[C@H](CC(C)C)NC(=O)[C@H](C)NC(=O)[C@@H](N)CO)C(=O)N[C@@H](CCCCN)C(=O)N[C@@H](CCCNC(=N)N)C(=O)N[C@@H](CC(C)C)C(=O)N[C@@H](CCCCN)C(=O)N[C@@H](CCC(N)=O)C(=O)N[C@@H](CCCNC(=N)N)C(=O)N[C@@H](CC(C)C)C(=O)O. The predicted molar refractivity (Wildman–Crippen MR) is 542 cm³/mol. The third-order valence-electron chi connectivity index (χ3n) is 22.4. The molecule has 0 aliphatic rings. The fraction of sp³-hybridized carbons (Fsp3) is 0.767. The molecule has 17 amide bonds. The second kappa shape index (κ2) is 75.1. The number of nitrogens with two attached hydrogens (primary N) is 10. The van der Waals surface area contributed by atoms with Gasteiger partial charge in [-0.1, -0.05) is 55.4 Å². The van der Waals surface area contributed by atoms with E-state index < -0.39 is 241 Å². The van der Waals surface area contributed by atoms with Gasteiger partial charge in [-0.3, -0.25) is 97.7 Å². The van der Waals surface area contributed by atoms with E-state index in [2.05, 4.69) is 101 Å². The standard InChI is InChI=1S/C90H172N32O20S/c1-50(2)44-66(109-71(125)48-107-74(128)56(24-11-16-35-91)110-85(139)67(45-51(3)4)120-72(126)54(9)108-73(127)55(96)49-123)84(138)117-61(29-21-40-104-88(98)99)79(133)112-57(25-12-17-36-92)75(129)111-59(27-14-19-38-94)78(132)119-65(34-43-143-10)83(137)113-58(26-13-18-37-93)76(130)114-62(30-22-41-105-89(100)101)80(134)121-68(46-52(5)6)86(140)116-60(28-15-20-39-95)77(131)118-64(32-33-70(97)124)82(136)115-63(31-23-42-106-90(102)103)81(135)122-69(87(141)142)47-53(7)8/h50-69,123H,11-49,91-96H2,1-10H3,(H2,97,124)(H,107,128)(H,108,127)(H,109,125)(H,110,139)(H,111,129)(H,112,133)(H,113,137)(H,114,130)(H,115,136)(H,116,140)(H,117,138)(H,118,131)(H,119,132)(H,120,126)(H,121,134)(H,122,135)(H,141,142)(H4,98,99,104)(H4,100,101,105)(H4,102,103,106)/t54-,55-,56-,57-,58-,59-,60-,61-,62-,63-,64-,65-,66-,67-,68-,69-/m0/s1. The van der Waals surface area contributed by atoms with Crippen molar-refractivity contribution in [2.24, 2.45) is 81.0 Å². The van der Waals surface area contributed by atoms with E-state index in [-0.39, 0.29) is 216 Å². The van der Waals surface area contributed by atoms with Crippen LogP contribution in [0.3, 0.4) is 0 Å². The first kappa shape index (κ1) is 131. The summed E-state index contributed by atoms with van der Waals surface area (Å²) >= 11 is 1.31. The average molecular weight is 2050 g/mol. The van der Waals surface area contributed by atoms with Crippen LogP contribution in [-0.4, -0.2) is 309 Å². The topological polar surface area (TPSA) is 908 Å². The molecule has 0 aliphatic heterocycles. The van der Waals surface area contributed by atoms with Crippen molar-refractivity contribution in [1.29, 1.82) is 16.2 Å². The van der Waals surface area contributed by atoms with Crippen molar-refractivity contribution >= 4 is 136 Å². The molecule has 53 heteroatoms. The Morgan fingerprint density at radius 3 is 0.762 bits per heavy atom. The molecular weight excluding hydrogens is 1880 g/mol. The quantitative estimate of drug-likeness (QED) is 0.0153. The summed E-state index contributed by atoms with van der Waals surface area (Å²) in [4.78, 5) is 254. The van der Waals surface area contributed by atoms with Crippen molar-refractivity contribution in [3.63, 3.8) is 0 Å². The number of rotatable bonds is 80. The Hall–Kier alpha value is -11.7. The van der Waals surface area contributed by atoms with Gasteiger partial charge in [0.05, 0.1) is 13.2 Å². The summed E-state index contributed by atoms with van der Waals surface area (Å²) in [6.45, 7) is 14.9. The normalized spacial score (nSPS) is 14.6. The van der Waals surface area contributed by atoms with Gasteiger partial charge in [-0.15, -0.1) is 0 Å². The van der Waals surface area contributed by atoms with Crippen LogP contribution in [0.4, 0.5) is 0 Å². The molecule has 0 aromatic heterocycles. The molecule has 0 unspecified atom stereocenters. The summed E-state index contributed by atoms with van der Waals surface area (Å²) in [5, 5.41) is 92.4. The van der Waals surface area contributed by atoms with Gasteiger partial charge in [0.25, 0.3) is 0 Å². The number of primary amides is 1. The van der Waals surface area contributed by atoms with Crippen molar-refractivity contribution in [1.82, 2.24) is 101 Å². The van der Waals surface area contributed by atoms with Gasteiger partial charge in [0, 0.05) is 26.1 Å². The third kappa shape index (κ3) is 59.3. The van der Waals surface area contributed by atoms with Crippen LogP contribution in [0.15, 0.2) is 0 Å². The summed E-state index contributed by atoms with van der Waals surface area (Å²) in [6.07, 6.45) is 3.34. The highest BCUT2D eigenvalue weighted by Crippen LogP contribution is 2.18. The van der Waals surface area contributed by atoms with E-state index >= 15 is 4.79 Å². The van der Waals surface area contributed by atoms with Gasteiger partial charge in [0.15, 0.2) is 17.9 Å². The molecule has 0 fully saturated rings. The number of nitrogens with one attached hydrogen (secondary N) is 22. The van der Waals surface area contributed by atoms with E-state index in [1.54, 1.807) is 61.6 Å². The zero-order chi connectivity index (χ0) is 108. The third-order valence-corrected chi connectivity index (χ3v) is 23.0. The molecule has 0 aromatic carbocycles. The number of aliphatic hydroxyl groups is 1. The van der Waals surface area contributed by atoms with Gasteiger partial charge in [-0.25, -0.2) is 4.79 Å². The Kier molecular flexibility index (Phi) is 69.0. The van der Waals surface area contributed by atoms with E-state index in [9.17, 15) is 91.7 Å². The molecule has 16 atom stereocenters. The maximum absolute atomic E-state index is 15.0. The van der Waals surface area contributed by atoms with E-state index in [0.29, 0.717) is 38.5 Å². The maximum Gasteiger partial charge on any atom is 0.326 e. The van der Waals surface area contributed by atoms with Gasteiger partial charge >= 0.3 is 5.97 Å². The van der Waals surface area contributed by atoms with E-state index in [4.69, 9.17) is 73.6 Å². The van der Waals surface area contributed by atoms with E-state index in [0.717, 1.165) is 0 Å². The predicted octanol–water partition coefficient (Wildman–Crippen LogP) is -7.56. The Morgan fingerprint density at radius 1 is 0.280 bits per heavy atom. The van der Waals surface area contributed by atoms with Crippen LogP contribution in [0, 0.1) is 39.9 Å². The highest BCUT2D eigenvalue weighted by atomic mass is 32.2. The second-order valence-corrected chi connectivity index (χ2v) is 38.2. The molecular formula is C90H172N32O20S. The first-order valence-electron chi connectivity index (χ1n) is 49.5. The number of aliphatic hydroxyl groups excluding tert-OH is 1. The van der Waals surface area contributed by atoms with Crippen LogP contribution in [-0.2, 0) is 86.3 Å². The summed E-state index contributed by atoms with van der Waals surface area (Å²) in [5.74, 6) is -18.2. The molecule has 0 aliphatic carbocycles. The number of carbonyl (C=O) groups excluding carboxylic acids is 17. The van der Waals surface area contributed by atoms with Crippen molar-refractivity contribution < 1.29 is 96.5 Å². The Labute approximate surface area is 843 Å². The van der Waals surface area contributed by atoms with Crippen LogP contribution >= 0.6 is 11.8 Å². The van der Waals surface area contributed by atoms with Gasteiger partial charge in [-0.2, -0.15) is 11.8 Å². The molecule has 0 bridgehead atoms. The Bertz CT molecular complexity index is 3990. The number of amides is 17. The summed E-state index contributed by atoms with van der Waals surface area (Å²) in [5.41, 5.74) is 57.2. The molecule has 0 heterocycles. The first-order valence-corrected chi connectivity index (χ1v) is 50.9. The lowest BCUT2D eigenvalue weighted by molar-refractivity contribution is -0.143. The van der Waals surface area contributed by atoms with Crippen LogP contribution in [0.2, 0.25) is 0 Å². The molecule has 0 rings (SSSR count). The number of aliphatic carboxylic acids is 1. The number of hydrogen-bond acceptors (Lipinski definition) is 29. The highest BCUT2D eigenvalue weighted by molar-refractivity contribution is 7.98. The Balaban J connectivity index is 7.67. The number of unbranched alkanes of at least 4 members (excludes halogenated alkanes) is 5. The minimum atomic E-state index is -1.62. The smallest absolute Gasteiger partial charge is 0.326 e. The lowest BCUT2D eigenvalue weighted by Gasteiger charge is -2.29. The summed E-state index contributed by atoms with van der Waals surface area (Å²) < 4.78 is 0. The van der Waals surface area contributed by atoms with Crippen LogP contribution in [0.1, 0.15) is 242 Å². The molecule has 0 saturated carbocycles. The highest BCUT2D eigenvalue weighted by Gasteiger charge is 2.40. The number of hydrogen-bond donors (Lipinski definition) is 34. The van der Waals surface area contributed by atoms with Crippen molar-refractivity contribution in [2.45, 2.75) is 339 Å². The van der Waals surface area contributed by atoms with Gasteiger partial charge in [0.1, 0.15) is 96.7 Å². The molecule has 0 radical (unpaired) electrons. The number of carbonyl (C=O) groups is 18. The molecule has 52 nitrogen and oxygen atoms in total. The Morgan fingerprint density at radius 2 is 0.510 bits per heavy atom. The fourth-order valence-corrected chi connectivity index (χ4v) is 15.1. The minimum Gasteiger partial charge on any atom is -0.480 e. The maximum atomic E-state index is 15.0. The van der Waals surface area contributed by atoms with Crippen LogP contribution in [0.5, 0.6) is 0 Å².